The van der Waals surface area contributed by atoms with E-state index in [0.29, 0.717) is 0 Å². The maximum atomic E-state index is 11.0. The normalized spacial score (nSPS) is 10.2. The van der Waals surface area contributed by atoms with Gasteiger partial charge in [0, 0.05) is 11.8 Å². The first-order valence-corrected chi connectivity index (χ1v) is 5.08. The second-order valence-electron chi connectivity index (χ2n) is 3.32. The Morgan fingerprint density at radius 1 is 1.15 bits per heavy atom. The van der Waals surface area contributed by atoms with Crippen LogP contribution in [0.25, 0.3) is 0 Å². The molecule has 0 aliphatic rings. The highest BCUT2D eigenvalue weighted by molar-refractivity contribution is 8.13. The van der Waals surface area contributed by atoms with Gasteiger partial charge >= 0.3 is 0 Å². The number of hydrogen-bond donors (Lipinski definition) is 0. The summed E-state index contributed by atoms with van der Waals surface area (Å²) < 4.78 is 0. The molecule has 0 fully saturated rings. The smallest absolute Gasteiger partial charge is 0.190 e. The predicted octanol–water partition coefficient (Wildman–Crippen LogP) is 3.25. The lowest BCUT2D eigenvalue weighted by Gasteiger charge is -2.08. The van der Waals surface area contributed by atoms with Gasteiger partial charge in [-0.05, 0) is 31.9 Å². The Morgan fingerprint density at radius 2 is 1.62 bits per heavy atom. The molecule has 0 aromatic heterocycles. The third-order valence-corrected chi connectivity index (χ3v) is 2.99. The first-order chi connectivity index (χ1) is 6.00. The number of carbonyl (C=O) groups is 1. The third kappa shape index (κ3) is 2.59. The fourth-order valence-corrected chi connectivity index (χ4v) is 2.20. The van der Waals surface area contributed by atoms with Crippen molar-refractivity contribution in [3.63, 3.8) is 0 Å². The summed E-state index contributed by atoms with van der Waals surface area (Å²) in [5.41, 5.74) is 3.64. The van der Waals surface area contributed by atoms with Crippen molar-refractivity contribution in [3.05, 3.63) is 28.8 Å². The van der Waals surface area contributed by atoms with E-state index in [0.717, 1.165) is 4.90 Å². The second-order valence-corrected chi connectivity index (χ2v) is 4.51. The molecule has 0 heterocycles. The number of benzene rings is 1. The van der Waals surface area contributed by atoms with Crippen molar-refractivity contribution in [1.82, 2.24) is 0 Å². The summed E-state index contributed by atoms with van der Waals surface area (Å²) in [6.45, 7) is 7.77. The molecule has 1 aromatic rings. The average molecular weight is 194 g/mol. The summed E-state index contributed by atoms with van der Waals surface area (Å²) in [6.07, 6.45) is 0. The fraction of sp³-hybridized carbons (Fsp3) is 0.364. The monoisotopic (exact) mass is 194 g/mol. The van der Waals surface area contributed by atoms with Crippen molar-refractivity contribution in [3.8, 4) is 0 Å². The minimum Gasteiger partial charge on any atom is -0.287 e. The van der Waals surface area contributed by atoms with Crippen LogP contribution < -0.4 is 0 Å². The van der Waals surface area contributed by atoms with E-state index in [4.69, 9.17) is 0 Å². The number of rotatable bonds is 1. The van der Waals surface area contributed by atoms with Gasteiger partial charge in [0.1, 0.15) is 0 Å². The lowest BCUT2D eigenvalue weighted by Crippen LogP contribution is -1.90. The zero-order valence-corrected chi connectivity index (χ0v) is 9.29. The summed E-state index contributed by atoms with van der Waals surface area (Å²) in [6, 6.07) is 4.22. The first kappa shape index (κ1) is 10.3. The summed E-state index contributed by atoms with van der Waals surface area (Å²) in [5, 5.41) is 0.148. The van der Waals surface area contributed by atoms with E-state index in [-0.39, 0.29) is 5.12 Å². The van der Waals surface area contributed by atoms with Crippen molar-refractivity contribution < 1.29 is 4.79 Å². The topological polar surface area (TPSA) is 17.1 Å². The van der Waals surface area contributed by atoms with Crippen LogP contribution in [-0.2, 0) is 4.79 Å². The minimum atomic E-state index is 0.148. The number of thioether (sulfide) groups is 1. The molecule has 0 aliphatic heterocycles. The molecule has 0 atom stereocenters. The van der Waals surface area contributed by atoms with Crippen LogP contribution >= 0.6 is 11.8 Å². The van der Waals surface area contributed by atoms with Crippen LogP contribution in [-0.4, -0.2) is 5.12 Å². The molecule has 13 heavy (non-hydrogen) atoms. The van der Waals surface area contributed by atoms with Crippen molar-refractivity contribution in [2.75, 3.05) is 0 Å². The Bertz CT molecular complexity index is 319. The summed E-state index contributed by atoms with van der Waals surface area (Å²) in [5.74, 6) is 0. The van der Waals surface area contributed by atoms with Crippen LogP contribution in [0.15, 0.2) is 17.0 Å². The van der Waals surface area contributed by atoms with Gasteiger partial charge in [0.15, 0.2) is 5.12 Å². The number of aryl methyl sites for hydroxylation is 3. The molecule has 0 bridgehead atoms. The molecule has 0 unspecified atom stereocenters. The van der Waals surface area contributed by atoms with E-state index in [9.17, 15) is 4.79 Å². The van der Waals surface area contributed by atoms with Gasteiger partial charge in [-0.25, -0.2) is 0 Å². The van der Waals surface area contributed by atoms with Gasteiger partial charge in [-0.3, -0.25) is 4.79 Å². The Hall–Kier alpha value is -0.760. The quantitative estimate of drug-likeness (QED) is 0.638. The zero-order chi connectivity index (χ0) is 10.0. The summed E-state index contributed by atoms with van der Waals surface area (Å²) in [7, 11) is 0. The van der Waals surface area contributed by atoms with Crippen LogP contribution in [0, 0.1) is 20.8 Å². The molecule has 0 spiro atoms. The average Bonchev–Trinajstić information content (AvgIpc) is 1.96. The second kappa shape index (κ2) is 3.97. The predicted molar refractivity (Wildman–Crippen MR) is 57.2 cm³/mol. The van der Waals surface area contributed by atoms with Gasteiger partial charge in [-0.2, -0.15) is 0 Å². The van der Waals surface area contributed by atoms with E-state index >= 15 is 0 Å². The van der Waals surface area contributed by atoms with E-state index < -0.39 is 0 Å². The highest BCUT2D eigenvalue weighted by Crippen LogP contribution is 2.27. The molecule has 0 aliphatic carbocycles. The Kier molecular flexibility index (Phi) is 3.15. The lowest BCUT2D eigenvalue weighted by molar-refractivity contribution is -0.109. The van der Waals surface area contributed by atoms with Crippen LogP contribution in [0.4, 0.5) is 0 Å². The maximum Gasteiger partial charge on any atom is 0.190 e. The van der Waals surface area contributed by atoms with Crippen LogP contribution in [0.2, 0.25) is 0 Å². The van der Waals surface area contributed by atoms with Gasteiger partial charge in [-0.1, -0.05) is 29.5 Å². The molecule has 2 heteroatoms. The summed E-state index contributed by atoms with van der Waals surface area (Å²) >= 11 is 1.32. The first-order valence-electron chi connectivity index (χ1n) is 4.27. The lowest BCUT2D eigenvalue weighted by atomic mass is 10.1. The third-order valence-electron chi connectivity index (χ3n) is 1.85. The maximum absolute atomic E-state index is 11.0. The molecule has 1 aromatic carbocycles. The highest BCUT2D eigenvalue weighted by Gasteiger charge is 2.06. The van der Waals surface area contributed by atoms with Gasteiger partial charge in [0.2, 0.25) is 0 Å². The zero-order valence-electron chi connectivity index (χ0n) is 8.47. The van der Waals surface area contributed by atoms with E-state index in [1.54, 1.807) is 6.92 Å². The van der Waals surface area contributed by atoms with Crippen molar-refractivity contribution in [2.45, 2.75) is 32.6 Å². The number of carbonyl (C=O) groups excluding carboxylic acids is 1. The molecule has 1 nitrogen and oxygen atoms in total. The van der Waals surface area contributed by atoms with Crippen LogP contribution in [0.1, 0.15) is 23.6 Å². The Balaban J connectivity index is 3.13. The highest BCUT2D eigenvalue weighted by atomic mass is 32.2. The molecule has 0 saturated carbocycles. The SMILES string of the molecule is CC(=O)Sc1c(C)cc(C)cc1C. The molecule has 0 saturated heterocycles. The number of hydrogen-bond acceptors (Lipinski definition) is 2. The molecule has 0 N–H and O–H groups in total. The van der Waals surface area contributed by atoms with Crippen molar-refractivity contribution >= 4 is 16.9 Å². The molecular formula is C11H14OS. The van der Waals surface area contributed by atoms with E-state index in [1.165, 1.54) is 28.5 Å². The molecule has 0 amide bonds. The van der Waals surface area contributed by atoms with Crippen molar-refractivity contribution in [1.29, 1.82) is 0 Å². The van der Waals surface area contributed by atoms with Crippen LogP contribution in [0.5, 0.6) is 0 Å². The standard InChI is InChI=1S/C11H14OS/c1-7-5-8(2)11(9(3)6-7)13-10(4)12/h5-6H,1-4H3. The largest absolute Gasteiger partial charge is 0.287 e. The van der Waals surface area contributed by atoms with Crippen molar-refractivity contribution in [2.24, 2.45) is 0 Å². The molecular weight excluding hydrogens is 180 g/mol. The Labute approximate surface area is 83.5 Å². The van der Waals surface area contributed by atoms with Gasteiger partial charge in [0.05, 0.1) is 0 Å². The van der Waals surface area contributed by atoms with Gasteiger partial charge < -0.3 is 0 Å². The van der Waals surface area contributed by atoms with Gasteiger partial charge in [-0.15, -0.1) is 0 Å². The van der Waals surface area contributed by atoms with E-state index in [2.05, 4.69) is 19.1 Å². The molecule has 0 radical (unpaired) electrons. The fourth-order valence-electron chi connectivity index (χ4n) is 1.47. The van der Waals surface area contributed by atoms with Gasteiger partial charge in [0.25, 0.3) is 0 Å². The molecule has 70 valence electrons. The molecule has 1 rings (SSSR count). The summed E-state index contributed by atoms with van der Waals surface area (Å²) in [4.78, 5) is 12.1. The minimum absolute atomic E-state index is 0.148. The Morgan fingerprint density at radius 3 is 2.00 bits per heavy atom. The van der Waals surface area contributed by atoms with Crippen LogP contribution in [0.3, 0.4) is 0 Å². The van der Waals surface area contributed by atoms with E-state index in [1.807, 2.05) is 13.8 Å².